The van der Waals surface area contributed by atoms with E-state index in [0.29, 0.717) is 0 Å². The Morgan fingerprint density at radius 3 is 2.31 bits per heavy atom. The minimum Gasteiger partial charge on any atom is -0.497 e. The lowest BCUT2D eigenvalue weighted by Crippen LogP contribution is -2.11. The van der Waals surface area contributed by atoms with Crippen LogP contribution in [0.1, 0.15) is 19.4 Å². The predicted molar refractivity (Wildman–Crippen MR) is 68.5 cm³/mol. The second-order valence-corrected chi connectivity index (χ2v) is 3.03. The highest BCUT2D eigenvalue weighted by Gasteiger charge is 2.03. The topological polar surface area (TPSA) is 30.5 Å². The van der Waals surface area contributed by atoms with Gasteiger partial charge in [-0.05, 0) is 43.8 Å². The molecule has 0 atom stereocenters. The van der Waals surface area contributed by atoms with Gasteiger partial charge in [-0.15, -0.1) is 0 Å². The maximum absolute atomic E-state index is 5.26. The Bertz CT molecular complexity index is 287. The highest BCUT2D eigenvalue weighted by atomic mass is 16.5. The second kappa shape index (κ2) is 9.04. The first-order valence-electron chi connectivity index (χ1n) is 5.67. The van der Waals surface area contributed by atoms with Crippen molar-refractivity contribution in [2.24, 2.45) is 0 Å². The molecule has 3 nitrogen and oxygen atoms in total. The summed E-state index contributed by atoms with van der Waals surface area (Å²) in [6, 6.07) is 5.85. The van der Waals surface area contributed by atoms with Crippen LogP contribution in [-0.4, -0.2) is 27.8 Å². The molecule has 1 rings (SSSR count). The highest BCUT2D eigenvalue weighted by molar-refractivity contribution is 5.40. The Balaban J connectivity index is 0.00000106. The number of methoxy groups -OCH3 is 2. The summed E-state index contributed by atoms with van der Waals surface area (Å²) in [5, 5.41) is 3.11. The molecule has 0 heterocycles. The van der Waals surface area contributed by atoms with Gasteiger partial charge in [0, 0.05) is 0 Å². The molecule has 0 saturated carbocycles. The van der Waals surface area contributed by atoms with E-state index in [0.717, 1.165) is 24.5 Å². The zero-order valence-electron chi connectivity index (χ0n) is 11.0. The van der Waals surface area contributed by atoms with E-state index in [1.165, 1.54) is 5.56 Å². The minimum absolute atomic E-state index is 0.872. The zero-order chi connectivity index (χ0) is 12.4. The molecular formula is C13H23NO2. The fraction of sp³-hybridized carbons (Fsp3) is 0.538. The minimum atomic E-state index is 0.872. The Hall–Kier alpha value is -1.22. The van der Waals surface area contributed by atoms with Crippen molar-refractivity contribution >= 4 is 0 Å². The van der Waals surface area contributed by atoms with E-state index < -0.39 is 0 Å². The van der Waals surface area contributed by atoms with Gasteiger partial charge in [-0.1, -0.05) is 13.8 Å². The SMILES string of the molecule is CC.CNCCc1cc(OC)ccc1OC. The zero-order valence-corrected chi connectivity index (χ0v) is 11.0. The molecule has 0 aromatic heterocycles. The van der Waals surface area contributed by atoms with E-state index in [4.69, 9.17) is 9.47 Å². The number of hydrogen-bond acceptors (Lipinski definition) is 3. The van der Waals surface area contributed by atoms with Gasteiger partial charge in [-0.25, -0.2) is 0 Å². The van der Waals surface area contributed by atoms with Crippen molar-refractivity contribution in [3.63, 3.8) is 0 Å². The third-order valence-electron chi connectivity index (χ3n) is 2.13. The summed E-state index contributed by atoms with van der Waals surface area (Å²) in [5.74, 6) is 1.79. The van der Waals surface area contributed by atoms with Crippen molar-refractivity contribution in [3.05, 3.63) is 23.8 Å². The third kappa shape index (κ3) is 4.53. The molecule has 16 heavy (non-hydrogen) atoms. The lowest BCUT2D eigenvalue weighted by Gasteiger charge is -2.09. The van der Waals surface area contributed by atoms with Gasteiger partial charge < -0.3 is 14.8 Å². The van der Waals surface area contributed by atoms with Crippen LogP contribution in [0.2, 0.25) is 0 Å². The standard InChI is InChI=1S/C11H17NO2.C2H6/c1-12-7-6-9-8-10(13-2)4-5-11(9)14-3;1-2/h4-5,8,12H,6-7H2,1-3H3;1-2H3. The average Bonchev–Trinajstić information content (AvgIpc) is 2.38. The molecule has 0 fully saturated rings. The molecule has 1 N–H and O–H groups in total. The van der Waals surface area contributed by atoms with Crippen molar-refractivity contribution in [1.29, 1.82) is 0 Å². The van der Waals surface area contributed by atoms with Crippen LogP contribution < -0.4 is 14.8 Å². The first-order valence-corrected chi connectivity index (χ1v) is 5.67. The molecule has 0 aliphatic heterocycles. The van der Waals surface area contributed by atoms with Gasteiger partial charge in [-0.3, -0.25) is 0 Å². The van der Waals surface area contributed by atoms with Crippen LogP contribution in [0, 0.1) is 0 Å². The van der Waals surface area contributed by atoms with E-state index in [-0.39, 0.29) is 0 Å². The molecule has 3 heteroatoms. The van der Waals surface area contributed by atoms with Gasteiger partial charge in [0.25, 0.3) is 0 Å². The number of likely N-dealkylation sites (N-methyl/N-ethyl adjacent to an activating group) is 1. The normalized spacial score (nSPS) is 9.06. The molecule has 0 saturated heterocycles. The third-order valence-corrected chi connectivity index (χ3v) is 2.13. The number of hydrogen-bond donors (Lipinski definition) is 1. The molecular weight excluding hydrogens is 202 g/mol. The summed E-state index contributed by atoms with van der Waals surface area (Å²) in [6.45, 7) is 4.93. The van der Waals surface area contributed by atoms with Crippen LogP contribution in [0.15, 0.2) is 18.2 Å². The number of ether oxygens (including phenoxy) is 2. The van der Waals surface area contributed by atoms with Crippen molar-refractivity contribution in [1.82, 2.24) is 5.32 Å². The summed E-state index contributed by atoms with van der Waals surface area (Å²) in [4.78, 5) is 0. The van der Waals surface area contributed by atoms with Gasteiger partial charge in [0.1, 0.15) is 11.5 Å². The number of rotatable bonds is 5. The Labute approximate surface area is 98.8 Å². The molecule has 0 bridgehead atoms. The molecule has 1 aromatic rings. The number of nitrogens with one attached hydrogen (secondary N) is 1. The molecule has 0 spiro atoms. The summed E-state index contributed by atoms with van der Waals surface area (Å²) in [6.07, 6.45) is 0.941. The Morgan fingerprint density at radius 1 is 1.12 bits per heavy atom. The fourth-order valence-corrected chi connectivity index (χ4v) is 1.34. The second-order valence-electron chi connectivity index (χ2n) is 3.03. The molecule has 0 amide bonds. The number of benzene rings is 1. The van der Waals surface area contributed by atoms with Gasteiger partial charge in [-0.2, -0.15) is 0 Å². The van der Waals surface area contributed by atoms with E-state index in [9.17, 15) is 0 Å². The van der Waals surface area contributed by atoms with Crippen LogP contribution in [-0.2, 0) is 6.42 Å². The van der Waals surface area contributed by atoms with Crippen molar-refractivity contribution < 1.29 is 9.47 Å². The summed E-state index contributed by atoms with van der Waals surface area (Å²) < 4.78 is 10.4. The first kappa shape index (κ1) is 14.8. The fourth-order valence-electron chi connectivity index (χ4n) is 1.34. The molecule has 0 aliphatic rings. The quantitative estimate of drug-likeness (QED) is 0.835. The molecule has 0 radical (unpaired) electrons. The van der Waals surface area contributed by atoms with Crippen molar-refractivity contribution in [2.45, 2.75) is 20.3 Å². The lowest BCUT2D eigenvalue weighted by atomic mass is 10.1. The van der Waals surface area contributed by atoms with Crippen LogP contribution >= 0.6 is 0 Å². The van der Waals surface area contributed by atoms with Crippen molar-refractivity contribution in [3.8, 4) is 11.5 Å². The lowest BCUT2D eigenvalue weighted by molar-refractivity contribution is 0.398. The summed E-state index contributed by atoms with van der Waals surface area (Å²) >= 11 is 0. The van der Waals surface area contributed by atoms with Crippen LogP contribution in [0.3, 0.4) is 0 Å². The Morgan fingerprint density at radius 2 is 1.81 bits per heavy atom. The Kier molecular flexibility index (Phi) is 8.35. The average molecular weight is 225 g/mol. The van der Waals surface area contributed by atoms with Gasteiger partial charge in [0.15, 0.2) is 0 Å². The van der Waals surface area contributed by atoms with Gasteiger partial charge >= 0.3 is 0 Å². The van der Waals surface area contributed by atoms with Gasteiger partial charge in [0.2, 0.25) is 0 Å². The monoisotopic (exact) mass is 225 g/mol. The van der Waals surface area contributed by atoms with E-state index >= 15 is 0 Å². The molecule has 1 aromatic carbocycles. The summed E-state index contributed by atoms with van der Waals surface area (Å²) in [7, 11) is 5.29. The molecule has 0 aliphatic carbocycles. The highest BCUT2D eigenvalue weighted by Crippen LogP contribution is 2.23. The van der Waals surface area contributed by atoms with Crippen LogP contribution in [0.4, 0.5) is 0 Å². The van der Waals surface area contributed by atoms with Crippen LogP contribution in [0.25, 0.3) is 0 Å². The molecule has 0 unspecified atom stereocenters. The molecule has 92 valence electrons. The maximum Gasteiger partial charge on any atom is 0.122 e. The van der Waals surface area contributed by atoms with E-state index in [2.05, 4.69) is 5.32 Å². The van der Waals surface area contributed by atoms with Crippen LogP contribution in [0.5, 0.6) is 11.5 Å². The first-order chi connectivity index (χ1) is 7.81. The van der Waals surface area contributed by atoms with E-state index in [1.807, 2.05) is 39.1 Å². The van der Waals surface area contributed by atoms with Crippen molar-refractivity contribution in [2.75, 3.05) is 27.8 Å². The van der Waals surface area contributed by atoms with Gasteiger partial charge in [0.05, 0.1) is 14.2 Å². The smallest absolute Gasteiger partial charge is 0.122 e. The summed E-state index contributed by atoms with van der Waals surface area (Å²) in [5.41, 5.74) is 1.17. The maximum atomic E-state index is 5.26. The predicted octanol–water partition coefficient (Wildman–Crippen LogP) is 2.49. The largest absolute Gasteiger partial charge is 0.497 e. The van der Waals surface area contributed by atoms with E-state index in [1.54, 1.807) is 14.2 Å².